The van der Waals surface area contributed by atoms with Crippen LogP contribution in [-0.2, 0) is 9.59 Å². The molecule has 1 aliphatic rings. The number of carbonyl (C=O) groups excluding carboxylic acids is 2. The summed E-state index contributed by atoms with van der Waals surface area (Å²) < 4.78 is 0. The summed E-state index contributed by atoms with van der Waals surface area (Å²) >= 11 is 0. The zero-order valence-corrected chi connectivity index (χ0v) is 10.6. The van der Waals surface area contributed by atoms with Crippen LogP contribution in [0.2, 0.25) is 0 Å². The molecule has 0 aromatic heterocycles. The first-order valence-electron chi connectivity index (χ1n) is 6.27. The Morgan fingerprint density at radius 3 is 2.44 bits per heavy atom. The second kappa shape index (κ2) is 6.98. The average Bonchev–Trinajstić information content (AvgIpc) is 2.12. The summed E-state index contributed by atoms with van der Waals surface area (Å²) in [5.74, 6) is -1.11. The van der Waals surface area contributed by atoms with Crippen LogP contribution in [-0.4, -0.2) is 29.6 Å². The maximum absolute atomic E-state index is 11.4. The molecule has 0 saturated heterocycles. The van der Waals surface area contributed by atoms with Gasteiger partial charge in [-0.25, -0.2) is 4.79 Å². The van der Waals surface area contributed by atoms with Gasteiger partial charge in [0.05, 0.1) is 0 Å². The van der Waals surface area contributed by atoms with E-state index in [2.05, 4.69) is 10.6 Å². The monoisotopic (exact) mass is 256 g/mol. The Hall–Kier alpha value is -1.59. The summed E-state index contributed by atoms with van der Waals surface area (Å²) in [6, 6.07) is -0.491. The number of nitrogens with one attached hydrogen (secondary N) is 2. The topological polar surface area (TPSA) is 95.5 Å². The number of carbonyl (C=O) groups is 3. The number of aliphatic carboxylic acids is 1. The highest BCUT2D eigenvalue weighted by Crippen LogP contribution is 2.24. The molecular weight excluding hydrogens is 236 g/mol. The first kappa shape index (κ1) is 14.5. The number of imide groups is 1. The van der Waals surface area contributed by atoms with Crippen molar-refractivity contribution in [2.24, 2.45) is 11.8 Å². The van der Waals surface area contributed by atoms with Crippen molar-refractivity contribution in [1.82, 2.24) is 10.6 Å². The number of carboxylic acid groups (broad SMARTS) is 1. The van der Waals surface area contributed by atoms with Gasteiger partial charge in [0.2, 0.25) is 5.91 Å². The van der Waals surface area contributed by atoms with Crippen LogP contribution in [0, 0.1) is 11.8 Å². The standard InChI is InChI=1S/C12H20N2O4/c1-8(6-11(16)17)5-10(15)14-12(18)13-7-9-3-2-4-9/h8-9H,2-7H2,1H3,(H,16,17)(H2,13,14,15,18). The van der Waals surface area contributed by atoms with Gasteiger partial charge in [-0.2, -0.15) is 0 Å². The zero-order chi connectivity index (χ0) is 13.5. The fourth-order valence-corrected chi connectivity index (χ4v) is 1.84. The van der Waals surface area contributed by atoms with Gasteiger partial charge in [-0.05, 0) is 24.7 Å². The largest absolute Gasteiger partial charge is 0.481 e. The van der Waals surface area contributed by atoms with Gasteiger partial charge in [0.1, 0.15) is 0 Å². The second-order valence-corrected chi connectivity index (χ2v) is 4.96. The third-order valence-electron chi connectivity index (χ3n) is 3.09. The SMILES string of the molecule is CC(CC(=O)O)CC(=O)NC(=O)NCC1CCC1. The molecular formula is C12H20N2O4. The van der Waals surface area contributed by atoms with E-state index in [0.29, 0.717) is 12.5 Å². The molecule has 0 aromatic carbocycles. The lowest BCUT2D eigenvalue weighted by Crippen LogP contribution is -2.42. The van der Waals surface area contributed by atoms with Crippen molar-refractivity contribution in [3.05, 3.63) is 0 Å². The highest BCUT2D eigenvalue weighted by Gasteiger charge is 2.19. The van der Waals surface area contributed by atoms with Crippen LogP contribution in [0.1, 0.15) is 39.0 Å². The Morgan fingerprint density at radius 2 is 1.94 bits per heavy atom. The number of carboxylic acids is 1. The van der Waals surface area contributed by atoms with E-state index in [0.717, 1.165) is 12.8 Å². The third kappa shape index (κ3) is 5.65. The molecule has 102 valence electrons. The Morgan fingerprint density at radius 1 is 1.28 bits per heavy atom. The predicted octanol–water partition coefficient (Wildman–Crippen LogP) is 1.11. The summed E-state index contributed by atoms with van der Waals surface area (Å²) in [6.07, 6.45) is 3.44. The molecule has 1 rings (SSSR count). The van der Waals surface area contributed by atoms with Crippen molar-refractivity contribution in [2.45, 2.75) is 39.0 Å². The summed E-state index contributed by atoms with van der Waals surface area (Å²) in [5, 5.41) is 13.4. The van der Waals surface area contributed by atoms with Gasteiger partial charge in [-0.1, -0.05) is 13.3 Å². The van der Waals surface area contributed by atoms with E-state index >= 15 is 0 Å². The molecule has 18 heavy (non-hydrogen) atoms. The van der Waals surface area contributed by atoms with Crippen molar-refractivity contribution in [3.63, 3.8) is 0 Å². The second-order valence-electron chi connectivity index (χ2n) is 4.96. The fourth-order valence-electron chi connectivity index (χ4n) is 1.84. The molecule has 3 N–H and O–H groups in total. The van der Waals surface area contributed by atoms with Crippen LogP contribution < -0.4 is 10.6 Å². The predicted molar refractivity (Wildman–Crippen MR) is 64.9 cm³/mol. The fraction of sp³-hybridized carbons (Fsp3) is 0.750. The van der Waals surface area contributed by atoms with E-state index in [-0.39, 0.29) is 18.8 Å². The van der Waals surface area contributed by atoms with Crippen molar-refractivity contribution < 1.29 is 19.5 Å². The lowest BCUT2D eigenvalue weighted by molar-refractivity contribution is -0.138. The maximum atomic E-state index is 11.4. The van der Waals surface area contributed by atoms with Crippen molar-refractivity contribution in [1.29, 1.82) is 0 Å². The first-order valence-corrected chi connectivity index (χ1v) is 6.27. The summed E-state index contributed by atoms with van der Waals surface area (Å²) in [6.45, 7) is 2.27. The molecule has 0 spiro atoms. The summed E-state index contributed by atoms with van der Waals surface area (Å²) in [5.41, 5.74) is 0. The zero-order valence-electron chi connectivity index (χ0n) is 10.6. The molecule has 0 aliphatic heterocycles. The van der Waals surface area contributed by atoms with Crippen molar-refractivity contribution >= 4 is 17.9 Å². The average molecular weight is 256 g/mol. The number of rotatable bonds is 6. The van der Waals surface area contributed by atoms with Gasteiger partial charge in [0.15, 0.2) is 0 Å². The van der Waals surface area contributed by atoms with Crippen molar-refractivity contribution in [2.75, 3.05) is 6.54 Å². The number of urea groups is 1. The van der Waals surface area contributed by atoms with Crippen LogP contribution >= 0.6 is 0 Å². The Bertz CT molecular complexity index is 326. The van der Waals surface area contributed by atoms with Gasteiger partial charge >= 0.3 is 12.0 Å². The van der Waals surface area contributed by atoms with E-state index in [1.807, 2.05) is 0 Å². The third-order valence-corrected chi connectivity index (χ3v) is 3.09. The lowest BCUT2D eigenvalue weighted by Gasteiger charge is -2.25. The molecule has 0 radical (unpaired) electrons. The number of hydrogen-bond acceptors (Lipinski definition) is 3. The van der Waals surface area contributed by atoms with Crippen LogP contribution in [0.4, 0.5) is 4.79 Å². The molecule has 1 aliphatic carbocycles. The minimum absolute atomic E-state index is 0.0448. The number of amides is 3. The highest BCUT2D eigenvalue weighted by molar-refractivity contribution is 5.94. The molecule has 1 saturated carbocycles. The quantitative estimate of drug-likeness (QED) is 0.663. The van der Waals surface area contributed by atoms with Gasteiger partial charge in [0, 0.05) is 19.4 Å². The van der Waals surface area contributed by atoms with E-state index in [1.165, 1.54) is 6.42 Å². The van der Waals surface area contributed by atoms with Gasteiger partial charge in [0.25, 0.3) is 0 Å². The van der Waals surface area contributed by atoms with E-state index in [9.17, 15) is 14.4 Å². The molecule has 0 bridgehead atoms. The van der Waals surface area contributed by atoms with E-state index < -0.39 is 17.9 Å². The molecule has 6 nitrogen and oxygen atoms in total. The molecule has 1 fully saturated rings. The molecule has 6 heteroatoms. The van der Waals surface area contributed by atoms with Crippen LogP contribution in [0.15, 0.2) is 0 Å². The van der Waals surface area contributed by atoms with E-state index in [4.69, 9.17) is 5.11 Å². The lowest BCUT2D eigenvalue weighted by atomic mass is 9.85. The normalized spacial score (nSPS) is 16.5. The smallest absolute Gasteiger partial charge is 0.321 e. The summed E-state index contributed by atoms with van der Waals surface area (Å²) in [7, 11) is 0. The Labute approximate surface area is 106 Å². The van der Waals surface area contributed by atoms with E-state index in [1.54, 1.807) is 6.92 Å². The molecule has 1 atom stereocenters. The minimum Gasteiger partial charge on any atom is -0.481 e. The van der Waals surface area contributed by atoms with Gasteiger partial charge in [-0.15, -0.1) is 0 Å². The van der Waals surface area contributed by atoms with Gasteiger partial charge < -0.3 is 10.4 Å². The van der Waals surface area contributed by atoms with Crippen LogP contribution in [0.25, 0.3) is 0 Å². The van der Waals surface area contributed by atoms with Gasteiger partial charge in [-0.3, -0.25) is 14.9 Å². The number of hydrogen-bond donors (Lipinski definition) is 3. The molecule has 0 heterocycles. The summed E-state index contributed by atoms with van der Waals surface area (Å²) in [4.78, 5) is 33.2. The van der Waals surface area contributed by atoms with Crippen LogP contribution in [0.3, 0.4) is 0 Å². The molecule has 1 unspecified atom stereocenters. The van der Waals surface area contributed by atoms with Crippen molar-refractivity contribution in [3.8, 4) is 0 Å². The first-order chi connectivity index (χ1) is 8.47. The molecule has 0 aromatic rings. The Balaban J connectivity index is 2.13. The van der Waals surface area contributed by atoms with Crippen LogP contribution in [0.5, 0.6) is 0 Å². The molecule has 3 amide bonds. The maximum Gasteiger partial charge on any atom is 0.321 e. The Kier molecular flexibility index (Phi) is 5.61. The highest BCUT2D eigenvalue weighted by atomic mass is 16.4. The minimum atomic E-state index is -0.940.